The summed E-state index contributed by atoms with van der Waals surface area (Å²) in [4.78, 5) is 9.47. The lowest BCUT2D eigenvalue weighted by Gasteiger charge is -2.28. The van der Waals surface area contributed by atoms with Crippen LogP contribution in [0.2, 0.25) is 0 Å². The first kappa shape index (κ1) is 19.2. The second kappa shape index (κ2) is 10.5. The zero-order chi connectivity index (χ0) is 18.0. The average Bonchev–Trinajstić information content (AvgIpc) is 2.70. The molecular formula is C21H35N5. The van der Waals surface area contributed by atoms with Crippen molar-refractivity contribution >= 4 is 5.96 Å². The highest BCUT2D eigenvalue weighted by Crippen LogP contribution is 2.18. The van der Waals surface area contributed by atoms with Gasteiger partial charge in [0.25, 0.3) is 0 Å². The van der Waals surface area contributed by atoms with E-state index in [-0.39, 0.29) is 0 Å². The van der Waals surface area contributed by atoms with Crippen molar-refractivity contribution in [2.45, 2.75) is 38.6 Å². The summed E-state index contributed by atoms with van der Waals surface area (Å²) >= 11 is 0. The van der Waals surface area contributed by atoms with Gasteiger partial charge in [-0.25, -0.2) is 0 Å². The number of fused-ring (bicyclic) bond motifs is 1. The molecule has 0 amide bonds. The lowest BCUT2D eigenvalue weighted by molar-refractivity contribution is 0.232. The summed E-state index contributed by atoms with van der Waals surface area (Å²) in [6, 6.07) is 8.85. The van der Waals surface area contributed by atoms with Crippen molar-refractivity contribution in [3.8, 4) is 0 Å². The first-order chi connectivity index (χ1) is 12.8. The van der Waals surface area contributed by atoms with Crippen LogP contribution < -0.4 is 10.6 Å². The molecule has 0 radical (unpaired) electrons. The van der Waals surface area contributed by atoms with Crippen LogP contribution in [0, 0.1) is 0 Å². The Morgan fingerprint density at radius 1 is 0.923 bits per heavy atom. The van der Waals surface area contributed by atoms with E-state index in [0.29, 0.717) is 0 Å². The van der Waals surface area contributed by atoms with E-state index in [4.69, 9.17) is 0 Å². The highest BCUT2D eigenvalue weighted by Gasteiger charge is 2.15. The molecule has 0 bridgehead atoms. The average molecular weight is 358 g/mol. The summed E-state index contributed by atoms with van der Waals surface area (Å²) in [6.45, 7) is 9.00. The van der Waals surface area contributed by atoms with Gasteiger partial charge in [-0.05, 0) is 49.9 Å². The molecule has 2 heterocycles. The Hall–Kier alpha value is -1.59. The van der Waals surface area contributed by atoms with E-state index in [2.05, 4.69) is 49.7 Å². The molecule has 2 N–H and O–H groups in total. The van der Waals surface area contributed by atoms with Crippen molar-refractivity contribution in [1.82, 2.24) is 20.4 Å². The molecule has 0 aromatic heterocycles. The molecule has 0 unspecified atom stereocenters. The fraction of sp³-hybridized carbons (Fsp3) is 0.667. The van der Waals surface area contributed by atoms with Crippen LogP contribution in [-0.2, 0) is 13.0 Å². The van der Waals surface area contributed by atoms with E-state index in [1.807, 2.05) is 7.05 Å². The van der Waals surface area contributed by atoms with Gasteiger partial charge >= 0.3 is 0 Å². The third kappa shape index (κ3) is 5.99. The Kier molecular flexibility index (Phi) is 7.77. The van der Waals surface area contributed by atoms with E-state index < -0.39 is 0 Å². The van der Waals surface area contributed by atoms with Crippen molar-refractivity contribution in [1.29, 1.82) is 0 Å². The van der Waals surface area contributed by atoms with E-state index in [1.165, 1.54) is 56.4 Å². The van der Waals surface area contributed by atoms with Crippen LogP contribution in [0.3, 0.4) is 0 Å². The topological polar surface area (TPSA) is 42.9 Å². The van der Waals surface area contributed by atoms with E-state index in [1.54, 1.807) is 0 Å². The highest BCUT2D eigenvalue weighted by atomic mass is 15.2. The predicted molar refractivity (Wildman–Crippen MR) is 110 cm³/mol. The Morgan fingerprint density at radius 3 is 2.50 bits per heavy atom. The Balaban J connectivity index is 1.27. The zero-order valence-corrected chi connectivity index (χ0v) is 16.3. The number of guanidine groups is 1. The van der Waals surface area contributed by atoms with Crippen molar-refractivity contribution in [3.63, 3.8) is 0 Å². The largest absolute Gasteiger partial charge is 0.356 e. The number of piperidine rings is 1. The van der Waals surface area contributed by atoms with Gasteiger partial charge in [-0.3, -0.25) is 9.89 Å². The van der Waals surface area contributed by atoms with Crippen LogP contribution in [0.4, 0.5) is 0 Å². The van der Waals surface area contributed by atoms with Crippen LogP contribution in [0.25, 0.3) is 0 Å². The number of likely N-dealkylation sites (tertiary alicyclic amines) is 1. The summed E-state index contributed by atoms with van der Waals surface area (Å²) in [6.07, 6.45) is 6.44. The molecule has 0 spiro atoms. The third-order valence-electron chi connectivity index (χ3n) is 5.55. The lowest BCUT2D eigenvalue weighted by Crippen LogP contribution is -2.43. The lowest BCUT2D eigenvalue weighted by atomic mass is 10.00. The second-order valence-electron chi connectivity index (χ2n) is 7.48. The minimum atomic E-state index is 0.936. The van der Waals surface area contributed by atoms with Gasteiger partial charge in [-0.1, -0.05) is 30.7 Å². The molecule has 5 heteroatoms. The van der Waals surface area contributed by atoms with Crippen molar-refractivity contribution < 1.29 is 0 Å². The van der Waals surface area contributed by atoms with Gasteiger partial charge in [0.15, 0.2) is 5.96 Å². The zero-order valence-electron chi connectivity index (χ0n) is 16.3. The molecule has 3 rings (SSSR count). The number of benzene rings is 1. The molecule has 144 valence electrons. The van der Waals surface area contributed by atoms with Gasteiger partial charge in [0, 0.05) is 46.3 Å². The van der Waals surface area contributed by atoms with Crippen molar-refractivity contribution in [3.05, 3.63) is 35.4 Å². The van der Waals surface area contributed by atoms with Gasteiger partial charge in [0.05, 0.1) is 0 Å². The molecule has 1 aromatic rings. The molecule has 2 aliphatic rings. The monoisotopic (exact) mass is 357 g/mol. The fourth-order valence-electron chi connectivity index (χ4n) is 3.99. The van der Waals surface area contributed by atoms with Crippen molar-refractivity contribution in [2.75, 3.05) is 52.9 Å². The van der Waals surface area contributed by atoms with E-state index in [0.717, 1.165) is 45.1 Å². The van der Waals surface area contributed by atoms with Gasteiger partial charge in [0.2, 0.25) is 0 Å². The SMILES string of the molecule is CN=C(NCCCN1CCc2ccccc2C1)NCCN1CCCCC1. The molecule has 0 aliphatic carbocycles. The molecule has 1 fully saturated rings. The van der Waals surface area contributed by atoms with E-state index in [9.17, 15) is 0 Å². The standard InChI is InChI=1S/C21H35N5/c1-22-21(24-12-17-25-13-5-2-6-14-25)23-11-7-15-26-16-10-19-8-3-4-9-20(19)18-26/h3-4,8-9H,2,5-7,10-18H2,1H3,(H2,22,23,24). The van der Waals surface area contributed by atoms with E-state index >= 15 is 0 Å². The summed E-state index contributed by atoms with van der Waals surface area (Å²) in [7, 11) is 1.86. The molecule has 26 heavy (non-hydrogen) atoms. The van der Waals surface area contributed by atoms with Crippen LogP contribution in [0.5, 0.6) is 0 Å². The van der Waals surface area contributed by atoms with Crippen LogP contribution >= 0.6 is 0 Å². The van der Waals surface area contributed by atoms with Gasteiger partial charge in [-0.2, -0.15) is 0 Å². The molecule has 2 aliphatic heterocycles. The number of hydrogen-bond donors (Lipinski definition) is 2. The van der Waals surface area contributed by atoms with Gasteiger partial charge in [-0.15, -0.1) is 0 Å². The van der Waals surface area contributed by atoms with Crippen LogP contribution in [-0.4, -0.2) is 68.6 Å². The van der Waals surface area contributed by atoms with Gasteiger partial charge in [0.1, 0.15) is 0 Å². The summed E-state index contributed by atoms with van der Waals surface area (Å²) in [5.41, 5.74) is 3.03. The quantitative estimate of drug-likeness (QED) is 0.445. The number of hydrogen-bond acceptors (Lipinski definition) is 3. The third-order valence-corrected chi connectivity index (χ3v) is 5.55. The Bertz CT molecular complexity index is 565. The van der Waals surface area contributed by atoms with Gasteiger partial charge < -0.3 is 15.5 Å². The summed E-state index contributed by atoms with van der Waals surface area (Å²) < 4.78 is 0. The maximum absolute atomic E-state index is 4.35. The predicted octanol–water partition coefficient (Wildman–Crippen LogP) is 2.09. The molecule has 0 saturated carbocycles. The maximum atomic E-state index is 4.35. The fourth-order valence-corrected chi connectivity index (χ4v) is 3.99. The minimum Gasteiger partial charge on any atom is -0.356 e. The first-order valence-corrected chi connectivity index (χ1v) is 10.3. The molecule has 1 aromatic carbocycles. The number of nitrogens with zero attached hydrogens (tertiary/aromatic N) is 3. The van der Waals surface area contributed by atoms with Crippen LogP contribution in [0.1, 0.15) is 36.8 Å². The number of nitrogens with one attached hydrogen (secondary N) is 2. The smallest absolute Gasteiger partial charge is 0.191 e. The molecule has 0 atom stereocenters. The highest BCUT2D eigenvalue weighted by molar-refractivity contribution is 5.79. The Labute approximate surface area is 158 Å². The molecular weight excluding hydrogens is 322 g/mol. The first-order valence-electron chi connectivity index (χ1n) is 10.3. The molecule has 1 saturated heterocycles. The van der Waals surface area contributed by atoms with Crippen molar-refractivity contribution in [2.24, 2.45) is 4.99 Å². The Morgan fingerprint density at radius 2 is 1.69 bits per heavy atom. The number of aliphatic imine (C=N–C) groups is 1. The number of rotatable bonds is 7. The summed E-state index contributed by atoms with van der Waals surface area (Å²) in [5, 5.41) is 6.91. The normalized spacial score (nSPS) is 19.2. The second-order valence-corrected chi connectivity index (χ2v) is 7.48. The minimum absolute atomic E-state index is 0.936. The summed E-state index contributed by atoms with van der Waals surface area (Å²) in [5.74, 6) is 0.936. The molecule has 5 nitrogen and oxygen atoms in total. The van der Waals surface area contributed by atoms with Crippen LogP contribution in [0.15, 0.2) is 29.3 Å². The maximum Gasteiger partial charge on any atom is 0.191 e.